The molecule has 0 spiro atoms. The normalized spacial score (nSPS) is 11.8. The summed E-state index contributed by atoms with van der Waals surface area (Å²) < 4.78 is 26.3. The average Bonchev–Trinajstić information content (AvgIpc) is 2.72. The minimum absolute atomic E-state index is 0.230. The Balaban J connectivity index is 1.84. The molecule has 0 bridgehead atoms. The van der Waals surface area contributed by atoms with Crippen LogP contribution in [0.25, 0.3) is 6.08 Å². The van der Waals surface area contributed by atoms with Crippen LogP contribution < -0.4 is 10.6 Å². The van der Waals surface area contributed by atoms with Gasteiger partial charge < -0.3 is 10.6 Å². The van der Waals surface area contributed by atoms with Crippen molar-refractivity contribution in [2.45, 2.75) is 18.7 Å². The number of halogens is 2. The molecule has 7 nitrogen and oxygen atoms in total. The Morgan fingerprint density at radius 1 is 1.13 bits per heavy atom. The summed E-state index contributed by atoms with van der Waals surface area (Å²) in [5.41, 5.74) is 0.721. The zero-order valence-corrected chi connectivity index (χ0v) is 19.1. The van der Waals surface area contributed by atoms with Crippen molar-refractivity contribution in [1.82, 2.24) is 14.6 Å². The monoisotopic (exact) mass is 470 g/mol. The number of carbonyl (C=O) groups is 1. The van der Waals surface area contributed by atoms with E-state index in [1.807, 2.05) is 0 Å². The standard InChI is InChI=1S/C20H24Cl2N4O3S/c1-3-26(4-2)30(28,29)17-8-5-15(6-9-17)7-10-19(27)23-11-12-24-20-18(22)13-16(21)14-25-20/h5-10,13-14H,3-4,11-12H2,1-2H3,(H,23,27)(H,24,25)/b10-7+. The molecule has 30 heavy (non-hydrogen) atoms. The molecular weight excluding hydrogens is 447 g/mol. The summed E-state index contributed by atoms with van der Waals surface area (Å²) in [6.07, 6.45) is 4.49. The maximum atomic E-state index is 12.5. The van der Waals surface area contributed by atoms with Gasteiger partial charge in [0.15, 0.2) is 0 Å². The molecular formula is C20H24Cl2N4O3S. The van der Waals surface area contributed by atoms with E-state index in [4.69, 9.17) is 23.2 Å². The van der Waals surface area contributed by atoms with Crippen LogP contribution in [0.5, 0.6) is 0 Å². The van der Waals surface area contributed by atoms with E-state index in [0.29, 0.717) is 42.0 Å². The van der Waals surface area contributed by atoms with Gasteiger partial charge in [-0.2, -0.15) is 4.31 Å². The molecule has 0 saturated carbocycles. The van der Waals surface area contributed by atoms with Crippen molar-refractivity contribution in [3.63, 3.8) is 0 Å². The minimum Gasteiger partial charge on any atom is -0.367 e. The number of nitrogens with zero attached hydrogens (tertiary/aromatic N) is 2. The fourth-order valence-corrected chi connectivity index (χ4v) is 4.51. The third-order valence-corrected chi connectivity index (χ3v) is 6.73. The zero-order valence-electron chi connectivity index (χ0n) is 16.7. The number of sulfonamides is 1. The van der Waals surface area contributed by atoms with Gasteiger partial charge in [-0.15, -0.1) is 0 Å². The molecule has 1 aromatic heterocycles. The number of anilines is 1. The molecule has 1 amide bonds. The lowest BCUT2D eigenvalue weighted by atomic mass is 10.2. The van der Waals surface area contributed by atoms with Gasteiger partial charge in [-0.25, -0.2) is 13.4 Å². The van der Waals surface area contributed by atoms with E-state index in [9.17, 15) is 13.2 Å². The number of amides is 1. The highest BCUT2D eigenvalue weighted by atomic mass is 35.5. The fraction of sp³-hybridized carbons (Fsp3) is 0.300. The number of benzene rings is 1. The summed E-state index contributed by atoms with van der Waals surface area (Å²) in [5, 5.41) is 6.59. The molecule has 2 N–H and O–H groups in total. The van der Waals surface area contributed by atoms with Gasteiger partial charge in [0.25, 0.3) is 0 Å². The second-order valence-electron chi connectivity index (χ2n) is 6.19. The van der Waals surface area contributed by atoms with Gasteiger partial charge in [0.05, 0.1) is 14.9 Å². The van der Waals surface area contributed by atoms with E-state index in [-0.39, 0.29) is 10.8 Å². The van der Waals surface area contributed by atoms with E-state index in [0.717, 1.165) is 5.56 Å². The predicted octanol–water partition coefficient (Wildman–Crippen LogP) is 3.66. The number of carbonyl (C=O) groups excluding carboxylic acids is 1. The van der Waals surface area contributed by atoms with Gasteiger partial charge in [0.2, 0.25) is 15.9 Å². The Bertz CT molecular complexity index is 992. The first-order valence-corrected chi connectivity index (χ1v) is 11.6. The Hall–Kier alpha value is -2.13. The van der Waals surface area contributed by atoms with Gasteiger partial charge in [-0.3, -0.25) is 4.79 Å². The highest BCUT2D eigenvalue weighted by molar-refractivity contribution is 7.89. The van der Waals surface area contributed by atoms with Crippen LogP contribution >= 0.6 is 23.2 Å². The summed E-state index contributed by atoms with van der Waals surface area (Å²) in [6.45, 7) is 5.22. The summed E-state index contributed by atoms with van der Waals surface area (Å²) in [6, 6.07) is 7.99. The molecule has 0 saturated heterocycles. The summed E-state index contributed by atoms with van der Waals surface area (Å²) in [7, 11) is -3.49. The van der Waals surface area contributed by atoms with Gasteiger partial charge in [-0.1, -0.05) is 49.2 Å². The Labute approximate surface area is 187 Å². The molecule has 2 aromatic rings. The molecule has 0 aliphatic heterocycles. The van der Waals surface area contributed by atoms with Crippen LogP contribution in [-0.4, -0.2) is 49.8 Å². The van der Waals surface area contributed by atoms with Crippen LogP contribution in [0.15, 0.2) is 47.5 Å². The van der Waals surface area contributed by atoms with Gasteiger partial charge in [0, 0.05) is 38.5 Å². The Morgan fingerprint density at radius 3 is 2.40 bits per heavy atom. The lowest BCUT2D eigenvalue weighted by Crippen LogP contribution is -2.30. The van der Waals surface area contributed by atoms with E-state index < -0.39 is 10.0 Å². The van der Waals surface area contributed by atoms with Crippen molar-refractivity contribution in [2.75, 3.05) is 31.5 Å². The van der Waals surface area contributed by atoms with E-state index in [1.165, 1.54) is 28.7 Å². The topological polar surface area (TPSA) is 91.4 Å². The number of aromatic nitrogens is 1. The summed E-state index contributed by atoms with van der Waals surface area (Å²) >= 11 is 11.8. The first kappa shape index (κ1) is 24.1. The van der Waals surface area contributed by atoms with Crippen LogP contribution in [-0.2, 0) is 14.8 Å². The minimum atomic E-state index is -3.49. The molecule has 2 rings (SSSR count). The van der Waals surface area contributed by atoms with E-state index in [2.05, 4.69) is 15.6 Å². The highest BCUT2D eigenvalue weighted by Gasteiger charge is 2.20. The molecule has 162 valence electrons. The van der Waals surface area contributed by atoms with Crippen molar-refractivity contribution in [2.24, 2.45) is 0 Å². The number of hydrogen-bond acceptors (Lipinski definition) is 5. The Kier molecular flexibility index (Phi) is 9.10. The molecule has 0 fully saturated rings. The van der Waals surface area contributed by atoms with Crippen molar-refractivity contribution < 1.29 is 13.2 Å². The molecule has 0 radical (unpaired) electrons. The quantitative estimate of drug-likeness (QED) is 0.408. The maximum Gasteiger partial charge on any atom is 0.244 e. The molecule has 0 atom stereocenters. The number of hydrogen-bond donors (Lipinski definition) is 2. The van der Waals surface area contributed by atoms with Crippen molar-refractivity contribution in [3.8, 4) is 0 Å². The number of pyridine rings is 1. The first-order chi connectivity index (χ1) is 14.3. The predicted molar refractivity (Wildman–Crippen MR) is 121 cm³/mol. The van der Waals surface area contributed by atoms with Crippen molar-refractivity contribution >= 4 is 51.0 Å². The molecule has 0 aliphatic carbocycles. The smallest absolute Gasteiger partial charge is 0.244 e. The Morgan fingerprint density at radius 2 is 1.80 bits per heavy atom. The van der Waals surface area contributed by atoms with Crippen LogP contribution in [0, 0.1) is 0 Å². The van der Waals surface area contributed by atoms with Gasteiger partial charge >= 0.3 is 0 Å². The third-order valence-electron chi connectivity index (χ3n) is 4.17. The second-order valence-corrected chi connectivity index (χ2v) is 8.98. The molecule has 1 heterocycles. The van der Waals surface area contributed by atoms with E-state index >= 15 is 0 Å². The first-order valence-electron chi connectivity index (χ1n) is 9.39. The van der Waals surface area contributed by atoms with Crippen molar-refractivity contribution in [1.29, 1.82) is 0 Å². The van der Waals surface area contributed by atoms with E-state index in [1.54, 1.807) is 38.1 Å². The van der Waals surface area contributed by atoms with Crippen LogP contribution in [0.1, 0.15) is 19.4 Å². The molecule has 1 aromatic carbocycles. The molecule has 0 aliphatic rings. The summed E-state index contributed by atoms with van der Waals surface area (Å²) in [5.74, 6) is 0.220. The van der Waals surface area contributed by atoms with Crippen molar-refractivity contribution in [3.05, 3.63) is 58.2 Å². The van der Waals surface area contributed by atoms with Gasteiger partial charge in [0.1, 0.15) is 5.82 Å². The van der Waals surface area contributed by atoms with Crippen LogP contribution in [0.2, 0.25) is 10.0 Å². The lowest BCUT2D eigenvalue weighted by Gasteiger charge is -2.18. The van der Waals surface area contributed by atoms with Gasteiger partial charge in [-0.05, 0) is 29.8 Å². The summed E-state index contributed by atoms with van der Waals surface area (Å²) in [4.78, 5) is 16.2. The zero-order chi connectivity index (χ0) is 22.1. The molecule has 10 heteroatoms. The number of rotatable bonds is 10. The highest BCUT2D eigenvalue weighted by Crippen LogP contribution is 2.22. The van der Waals surface area contributed by atoms with Crippen LogP contribution in [0.3, 0.4) is 0 Å². The lowest BCUT2D eigenvalue weighted by molar-refractivity contribution is -0.116. The van der Waals surface area contributed by atoms with Crippen LogP contribution in [0.4, 0.5) is 5.82 Å². The maximum absolute atomic E-state index is 12.5. The largest absolute Gasteiger partial charge is 0.367 e. The molecule has 0 unspecified atom stereocenters. The third kappa shape index (κ3) is 6.70. The number of nitrogens with one attached hydrogen (secondary N) is 2. The fourth-order valence-electron chi connectivity index (χ4n) is 2.61. The SMILES string of the molecule is CCN(CC)S(=O)(=O)c1ccc(/C=C/C(=O)NCCNc2ncc(Cl)cc2Cl)cc1. The average molecular weight is 471 g/mol. The second kappa shape index (κ2) is 11.3.